The van der Waals surface area contributed by atoms with E-state index >= 15 is 0 Å². The molecule has 0 saturated heterocycles. The number of sulfone groups is 1. The number of aryl methyl sites for hydroxylation is 1. The van der Waals surface area contributed by atoms with Gasteiger partial charge in [0.05, 0.1) is 11.0 Å². The molecule has 0 heterocycles. The molecule has 0 aromatic heterocycles. The van der Waals surface area contributed by atoms with Gasteiger partial charge in [0.2, 0.25) is 0 Å². The number of aliphatic imine (C=N–C) groups is 1. The third kappa shape index (κ3) is 6.60. The van der Waals surface area contributed by atoms with E-state index in [9.17, 15) is 8.42 Å². The lowest BCUT2D eigenvalue weighted by Gasteiger charge is -2.27. The summed E-state index contributed by atoms with van der Waals surface area (Å²) in [6.07, 6.45) is 5.06. The Hall–Kier alpha value is -1.81. The van der Waals surface area contributed by atoms with Gasteiger partial charge < -0.3 is 15.4 Å². The van der Waals surface area contributed by atoms with Gasteiger partial charge in [-0.2, -0.15) is 0 Å². The van der Waals surface area contributed by atoms with Crippen molar-refractivity contribution in [3.8, 4) is 5.75 Å². The molecule has 1 saturated carbocycles. The molecule has 0 spiro atoms. The van der Waals surface area contributed by atoms with Crippen LogP contribution in [0.4, 0.5) is 0 Å². The quantitative estimate of drug-likeness (QED) is 0.316. The Labute approximate surface area is 196 Å². The minimum atomic E-state index is -3.20. The maximum absolute atomic E-state index is 11.8. The molecule has 3 rings (SSSR count). The lowest BCUT2D eigenvalue weighted by Crippen LogP contribution is -2.36. The van der Waals surface area contributed by atoms with Gasteiger partial charge in [-0.25, -0.2) is 8.42 Å². The number of ether oxygens (including phenoxy) is 1. The van der Waals surface area contributed by atoms with E-state index < -0.39 is 9.84 Å². The fourth-order valence-electron chi connectivity index (χ4n) is 3.26. The van der Waals surface area contributed by atoms with E-state index in [0.29, 0.717) is 30.0 Å². The van der Waals surface area contributed by atoms with E-state index in [2.05, 4.69) is 21.7 Å². The van der Waals surface area contributed by atoms with Crippen LogP contribution in [0.2, 0.25) is 0 Å². The van der Waals surface area contributed by atoms with Crippen LogP contribution in [-0.4, -0.2) is 33.8 Å². The summed E-state index contributed by atoms with van der Waals surface area (Å²) < 4.78 is 29.6. The van der Waals surface area contributed by atoms with Gasteiger partial charge in [0.15, 0.2) is 15.8 Å². The van der Waals surface area contributed by atoms with E-state index in [4.69, 9.17) is 4.74 Å². The van der Waals surface area contributed by atoms with Crippen LogP contribution in [-0.2, 0) is 22.9 Å². The standard InChI is InChI=1S/C22H29N3O3S.HI/c1-16-13-17(11-12-21(16)29(3,26)27)14-24-22(23-2)25-15-18-7-4-5-10-20(18)28-19-8-6-9-19;/h4-5,7,10-13,19H,6,8-9,14-15H2,1-3H3,(H2,23,24,25);1H. The molecule has 0 atom stereocenters. The summed E-state index contributed by atoms with van der Waals surface area (Å²) in [4.78, 5) is 4.64. The second-order valence-electron chi connectivity index (χ2n) is 7.43. The van der Waals surface area contributed by atoms with Gasteiger partial charge in [0, 0.05) is 32.0 Å². The van der Waals surface area contributed by atoms with Crippen LogP contribution in [0.15, 0.2) is 52.4 Å². The lowest BCUT2D eigenvalue weighted by molar-refractivity contribution is 0.119. The highest BCUT2D eigenvalue weighted by atomic mass is 127. The van der Waals surface area contributed by atoms with Gasteiger partial charge in [-0.1, -0.05) is 30.3 Å². The second-order valence-corrected chi connectivity index (χ2v) is 9.41. The molecule has 1 aliphatic rings. The van der Waals surface area contributed by atoms with Crippen LogP contribution in [0.25, 0.3) is 0 Å². The molecule has 1 aliphatic carbocycles. The molecular formula is C22H30IN3O3S. The van der Waals surface area contributed by atoms with E-state index in [-0.39, 0.29) is 24.0 Å². The fraction of sp³-hybridized carbons (Fsp3) is 0.409. The number of hydrogen-bond donors (Lipinski definition) is 2. The Balaban J connectivity index is 0.00000320. The highest BCUT2D eigenvalue weighted by Crippen LogP contribution is 2.27. The first-order chi connectivity index (χ1) is 13.9. The molecule has 0 bridgehead atoms. The molecule has 0 amide bonds. The van der Waals surface area contributed by atoms with Crippen molar-refractivity contribution in [3.63, 3.8) is 0 Å². The lowest BCUT2D eigenvalue weighted by atomic mass is 9.96. The zero-order valence-corrected chi connectivity index (χ0v) is 20.8. The van der Waals surface area contributed by atoms with Gasteiger partial charge in [0.25, 0.3) is 0 Å². The topological polar surface area (TPSA) is 79.8 Å². The van der Waals surface area contributed by atoms with Gasteiger partial charge in [-0.15, -0.1) is 24.0 Å². The van der Waals surface area contributed by atoms with Crippen molar-refractivity contribution in [1.29, 1.82) is 0 Å². The molecule has 0 aliphatic heterocycles. The second kappa shape index (κ2) is 11.0. The van der Waals surface area contributed by atoms with Gasteiger partial charge in [-0.3, -0.25) is 4.99 Å². The predicted molar refractivity (Wildman–Crippen MR) is 131 cm³/mol. The van der Waals surface area contributed by atoms with E-state index in [0.717, 1.165) is 35.3 Å². The number of guanidine groups is 1. The number of benzene rings is 2. The van der Waals surface area contributed by atoms with Gasteiger partial charge >= 0.3 is 0 Å². The summed E-state index contributed by atoms with van der Waals surface area (Å²) in [5, 5.41) is 6.59. The zero-order chi connectivity index (χ0) is 20.9. The molecule has 2 aromatic rings. The van der Waals surface area contributed by atoms with Crippen molar-refractivity contribution >= 4 is 39.8 Å². The summed E-state index contributed by atoms with van der Waals surface area (Å²) in [5.41, 5.74) is 2.83. The minimum Gasteiger partial charge on any atom is -0.490 e. The Morgan fingerprint density at radius 1 is 1.13 bits per heavy atom. The van der Waals surface area contributed by atoms with Crippen LogP contribution in [0.5, 0.6) is 5.75 Å². The molecule has 0 radical (unpaired) electrons. The summed E-state index contributed by atoms with van der Waals surface area (Å²) in [5.74, 6) is 1.60. The number of halogens is 1. The molecule has 30 heavy (non-hydrogen) atoms. The van der Waals surface area contributed by atoms with Crippen molar-refractivity contribution in [2.75, 3.05) is 13.3 Å². The molecule has 2 N–H and O–H groups in total. The third-order valence-electron chi connectivity index (χ3n) is 5.09. The normalized spacial score (nSPS) is 14.4. The first kappa shape index (κ1) is 24.5. The van der Waals surface area contributed by atoms with Crippen LogP contribution >= 0.6 is 24.0 Å². The monoisotopic (exact) mass is 543 g/mol. The zero-order valence-electron chi connectivity index (χ0n) is 17.6. The molecule has 6 nitrogen and oxygen atoms in total. The first-order valence-corrected chi connectivity index (χ1v) is 11.7. The number of nitrogens with one attached hydrogen (secondary N) is 2. The summed E-state index contributed by atoms with van der Waals surface area (Å²) in [6, 6.07) is 13.4. The summed E-state index contributed by atoms with van der Waals surface area (Å²) in [6.45, 7) is 2.96. The summed E-state index contributed by atoms with van der Waals surface area (Å²) in [7, 11) is -1.48. The van der Waals surface area contributed by atoms with Crippen molar-refractivity contribution in [2.24, 2.45) is 4.99 Å². The highest BCUT2D eigenvalue weighted by molar-refractivity contribution is 14.0. The van der Waals surface area contributed by atoms with Crippen LogP contribution in [0, 0.1) is 6.92 Å². The van der Waals surface area contributed by atoms with E-state index in [1.165, 1.54) is 12.7 Å². The molecule has 8 heteroatoms. The number of hydrogen-bond acceptors (Lipinski definition) is 4. The van der Waals surface area contributed by atoms with Crippen molar-refractivity contribution in [1.82, 2.24) is 10.6 Å². The minimum absolute atomic E-state index is 0. The van der Waals surface area contributed by atoms with E-state index in [1.807, 2.05) is 37.3 Å². The Bertz CT molecular complexity index is 989. The maximum Gasteiger partial charge on any atom is 0.191 e. The first-order valence-electron chi connectivity index (χ1n) is 9.85. The Morgan fingerprint density at radius 2 is 1.83 bits per heavy atom. The Morgan fingerprint density at radius 3 is 2.43 bits per heavy atom. The molecule has 0 unspecified atom stereocenters. The molecule has 164 valence electrons. The van der Waals surface area contributed by atoms with Crippen molar-refractivity contribution in [3.05, 3.63) is 59.2 Å². The fourth-order valence-corrected chi connectivity index (χ4v) is 4.21. The van der Waals surface area contributed by atoms with Crippen molar-refractivity contribution in [2.45, 2.75) is 50.3 Å². The number of rotatable bonds is 7. The molecule has 1 fully saturated rings. The third-order valence-corrected chi connectivity index (χ3v) is 6.34. The van der Waals surface area contributed by atoms with Crippen LogP contribution < -0.4 is 15.4 Å². The maximum atomic E-state index is 11.8. The highest BCUT2D eigenvalue weighted by Gasteiger charge is 2.20. The molecular weight excluding hydrogens is 513 g/mol. The predicted octanol–water partition coefficient (Wildman–Crippen LogP) is 3.81. The SMILES string of the molecule is CN=C(NCc1ccc(S(C)(=O)=O)c(C)c1)NCc1ccccc1OC1CCC1.I. The van der Waals surface area contributed by atoms with Gasteiger partial charge in [0.1, 0.15) is 5.75 Å². The average Bonchev–Trinajstić information content (AvgIpc) is 2.64. The molecule has 2 aromatic carbocycles. The smallest absolute Gasteiger partial charge is 0.191 e. The Kier molecular flexibility index (Phi) is 8.96. The summed E-state index contributed by atoms with van der Waals surface area (Å²) >= 11 is 0. The van der Waals surface area contributed by atoms with Crippen LogP contribution in [0.3, 0.4) is 0 Å². The number of para-hydroxylation sites is 1. The van der Waals surface area contributed by atoms with Crippen LogP contribution in [0.1, 0.15) is 36.0 Å². The van der Waals surface area contributed by atoms with Gasteiger partial charge in [-0.05, 0) is 49.4 Å². The largest absolute Gasteiger partial charge is 0.490 e. The number of nitrogens with zero attached hydrogens (tertiary/aromatic N) is 1. The average molecular weight is 543 g/mol. The van der Waals surface area contributed by atoms with Crippen molar-refractivity contribution < 1.29 is 13.2 Å². The van der Waals surface area contributed by atoms with E-state index in [1.54, 1.807) is 13.1 Å².